The third kappa shape index (κ3) is 6.30. The number of nitrogens with one attached hydrogen (secondary N) is 2. The van der Waals surface area contributed by atoms with Gasteiger partial charge in [-0.05, 0) is 51.0 Å². The summed E-state index contributed by atoms with van der Waals surface area (Å²) in [5.41, 5.74) is 2.06. The molecule has 0 bridgehead atoms. The van der Waals surface area contributed by atoms with Crippen LogP contribution in [0.3, 0.4) is 0 Å². The normalized spacial score (nSPS) is 13.2. The van der Waals surface area contributed by atoms with E-state index in [0.29, 0.717) is 16.9 Å². The van der Waals surface area contributed by atoms with Crippen molar-refractivity contribution in [3.8, 4) is 0 Å². The van der Waals surface area contributed by atoms with Crippen LogP contribution in [-0.4, -0.2) is 38.6 Å². The highest BCUT2D eigenvalue weighted by Gasteiger charge is 2.32. The summed E-state index contributed by atoms with van der Waals surface area (Å²) in [5.74, 6) is -0.797. The van der Waals surface area contributed by atoms with Crippen molar-refractivity contribution in [3.63, 3.8) is 0 Å². The lowest BCUT2D eigenvalue weighted by Gasteiger charge is -2.30. The van der Waals surface area contributed by atoms with E-state index in [2.05, 4.69) is 10.6 Å². The maximum atomic E-state index is 13.2. The van der Waals surface area contributed by atoms with Gasteiger partial charge in [-0.1, -0.05) is 43.7 Å². The van der Waals surface area contributed by atoms with Gasteiger partial charge in [0.1, 0.15) is 6.04 Å². The number of amides is 2. The van der Waals surface area contributed by atoms with E-state index >= 15 is 0 Å². The topological polar surface area (TPSA) is 95.6 Å². The van der Waals surface area contributed by atoms with E-state index in [0.717, 1.165) is 22.5 Å². The molecule has 7 nitrogen and oxygen atoms in total. The zero-order valence-corrected chi connectivity index (χ0v) is 19.5. The fourth-order valence-corrected chi connectivity index (χ4v) is 4.37. The maximum absolute atomic E-state index is 13.2. The van der Waals surface area contributed by atoms with Crippen molar-refractivity contribution in [3.05, 3.63) is 59.7 Å². The Morgan fingerprint density at radius 2 is 1.61 bits per heavy atom. The molecule has 0 heterocycles. The molecule has 2 amide bonds. The molecule has 0 spiro atoms. The zero-order chi connectivity index (χ0) is 23.2. The molecule has 0 fully saturated rings. The van der Waals surface area contributed by atoms with Crippen LogP contribution in [0.15, 0.2) is 48.5 Å². The summed E-state index contributed by atoms with van der Waals surface area (Å²) in [6.07, 6.45) is 2.11. The van der Waals surface area contributed by atoms with E-state index in [4.69, 9.17) is 0 Å². The minimum Gasteiger partial charge on any atom is -0.350 e. The molecule has 0 aromatic heterocycles. The molecule has 2 aromatic carbocycles. The molecule has 31 heavy (non-hydrogen) atoms. The van der Waals surface area contributed by atoms with E-state index in [1.54, 1.807) is 55.5 Å². The number of carbonyl (C=O) groups is 2. The molecule has 2 N–H and O–H groups in total. The molecule has 2 rings (SSSR count). The lowest BCUT2D eigenvalue weighted by Crippen LogP contribution is -2.47. The second kappa shape index (κ2) is 10.4. The van der Waals surface area contributed by atoms with Gasteiger partial charge in [0.2, 0.25) is 15.9 Å². The number of hydrogen-bond acceptors (Lipinski definition) is 4. The molecule has 0 unspecified atom stereocenters. The van der Waals surface area contributed by atoms with Crippen molar-refractivity contribution in [2.75, 3.05) is 15.9 Å². The van der Waals surface area contributed by atoms with Crippen molar-refractivity contribution in [1.29, 1.82) is 0 Å². The van der Waals surface area contributed by atoms with Gasteiger partial charge in [0.15, 0.2) is 0 Å². The molecule has 2 aromatic rings. The van der Waals surface area contributed by atoms with Crippen molar-refractivity contribution in [2.24, 2.45) is 0 Å². The smallest absolute Gasteiger partial charge is 0.253 e. The van der Waals surface area contributed by atoms with E-state index in [1.165, 1.54) is 0 Å². The number of rotatable bonds is 9. The first-order chi connectivity index (χ1) is 14.6. The molecule has 0 aliphatic rings. The van der Waals surface area contributed by atoms with Gasteiger partial charge < -0.3 is 10.6 Å². The third-order valence-electron chi connectivity index (χ3n) is 5.04. The Morgan fingerprint density at radius 3 is 2.16 bits per heavy atom. The van der Waals surface area contributed by atoms with Crippen molar-refractivity contribution < 1.29 is 18.0 Å². The van der Waals surface area contributed by atoms with Crippen LogP contribution in [0.2, 0.25) is 0 Å². The summed E-state index contributed by atoms with van der Waals surface area (Å²) >= 11 is 0. The highest BCUT2D eigenvalue weighted by Crippen LogP contribution is 2.24. The number of aryl methyl sites for hydroxylation is 1. The van der Waals surface area contributed by atoms with Crippen molar-refractivity contribution in [1.82, 2.24) is 5.32 Å². The Morgan fingerprint density at radius 1 is 1.00 bits per heavy atom. The van der Waals surface area contributed by atoms with Crippen LogP contribution in [-0.2, 0) is 14.8 Å². The minimum atomic E-state index is -3.73. The van der Waals surface area contributed by atoms with E-state index in [-0.39, 0.29) is 18.4 Å². The highest BCUT2D eigenvalue weighted by molar-refractivity contribution is 7.92. The molecule has 0 radical (unpaired) electrons. The predicted octanol–water partition coefficient (Wildman–Crippen LogP) is 3.71. The van der Waals surface area contributed by atoms with Gasteiger partial charge in [-0.3, -0.25) is 13.9 Å². The Balaban J connectivity index is 2.36. The van der Waals surface area contributed by atoms with Gasteiger partial charge in [-0.2, -0.15) is 0 Å². The highest BCUT2D eigenvalue weighted by atomic mass is 32.2. The van der Waals surface area contributed by atoms with Crippen LogP contribution in [0.5, 0.6) is 0 Å². The first kappa shape index (κ1) is 24.4. The summed E-state index contributed by atoms with van der Waals surface area (Å²) in [6, 6.07) is 12.7. The second-order valence-electron chi connectivity index (χ2n) is 7.64. The van der Waals surface area contributed by atoms with Crippen LogP contribution >= 0.6 is 0 Å². The van der Waals surface area contributed by atoms with Gasteiger partial charge in [-0.15, -0.1) is 0 Å². The quantitative estimate of drug-likeness (QED) is 0.615. The fraction of sp³-hybridized carbons (Fsp3) is 0.391. The van der Waals surface area contributed by atoms with Gasteiger partial charge in [-0.25, -0.2) is 8.42 Å². The Hall–Kier alpha value is -2.87. The largest absolute Gasteiger partial charge is 0.350 e. The van der Waals surface area contributed by atoms with Crippen molar-refractivity contribution >= 4 is 33.2 Å². The van der Waals surface area contributed by atoms with Crippen LogP contribution < -0.4 is 14.9 Å². The number of hydrogen-bond donors (Lipinski definition) is 2. The summed E-state index contributed by atoms with van der Waals surface area (Å²) < 4.78 is 26.3. The number of anilines is 2. The van der Waals surface area contributed by atoms with Crippen molar-refractivity contribution in [2.45, 2.75) is 52.6 Å². The second-order valence-corrected chi connectivity index (χ2v) is 9.50. The summed E-state index contributed by atoms with van der Waals surface area (Å²) in [5, 5.41) is 5.65. The molecule has 2 atom stereocenters. The van der Waals surface area contributed by atoms with Crippen LogP contribution in [0, 0.1) is 6.92 Å². The first-order valence-electron chi connectivity index (χ1n) is 10.3. The zero-order valence-electron chi connectivity index (χ0n) is 18.7. The summed E-state index contributed by atoms with van der Waals surface area (Å²) in [7, 11) is -3.73. The molecule has 0 saturated heterocycles. The maximum Gasteiger partial charge on any atom is 0.253 e. The monoisotopic (exact) mass is 445 g/mol. The molecule has 8 heteroatoms. The number of sulfonamides is 1. The van der Waals surface area contributed by atoms with Gasteiger partial charge >= 0.3 is 0 Å². The minimum absolute atomic E-state index is 0.0121. The van der Waals surface area contributed by atoms with Crippen LogP contribution in [0.25, 0.3) is 0 Å². The van der Waals surface area contributed by atoms with Gasteiger partial charge in [0.05, 0.1) is 23.2 Å². The Kier molecular flexibility index (Phi) is 8.21. The average molecular weight is 446 g/mol. The standard InChI is InChI=1S/C23H31N3O4S/c1-6-17(4)24-22(27)19-10-8-9-11-20(19)25-23(28)21(7-2)26(31(5,29)30)18-14-12-16(3)13-15-18/h8-15,17,21H,6-7H2,1-5H3,(H,24,27)(H,25,28)/t17-,21-/m0/s1. The summed E-state index contributed by atoms with van der Waals surface area (Å²) in [4.78, 5) is 25.8. The Labute approximate surface area is 184 Å². The first-order valence-corrected chi connectivity index (χ1v) is 12.2. The molecular weight excluding hydrogens is 414 g/mol. The average Bonchev–Trinajstić information content (AvgIpc) is 2.72. The van der Waals surface area contributed by atoms with Gasteiger partial charge in [0.25, 0.3) is 5.91 Å². The number of carbonyl (C=O) groups excluding carboxylic acids is 2. The summed E-state index contributed by atoms with van der Waals surface area (Å²) in [6.45, 7) is 7.52. The molecule has 168 valence electrons. The third-order valence-corrected chi connectivity index (χ3v) is 6.22. The molecule has 0 aliphatic carbocycles. The predicted molar refractivity (Wildman–Crippen MR) is 125 cm³/mol. The van der Waals surface area contributed by atoms with E-state index in [9.17, 15) is 18.0 Å². The van der Waals surface area contributed by atoms with E-state index < -0.39 is 22.0 Å². The van der Waals surface area contributed by atoms with E-state index in [1.807, 2.05) is 20.8 Å². The molecule has 0 saturated carbocycles. The number of nitrogens with zero attached hydrogens (tertiary/aromatic N) is 1. The Bertz CT molecular complexity index is 1020. The molecule has 0 aliphatic heterocycles. The van der Waals surface area contributed by atoms with Gasteiger partial charge in [0, 0.05) is 6.04 Å². The molecular formula is C23H31N3O4S. The number of para-hydroxylation sites is 1. The van der Waals surface area contributed by atoms with Crippen LogP contribution in [0.1, 0.15) is 49.5 Å². The lowest BCUT2D eigenvalue weighted by molar-refractivity contribution is -0.117. The SMILES string of the molecule is CC[C@H](C)NC(=O)c1ccccc1NC(=O)[C@H](CC)N(c1ccc(C)cc1)S(C)(=O)=O. The van der Waals surface area contributed by atoms with Crippen LogP contribution in [0.4, 0.5) is 11.4 Å². The lowest BCUT2D eigenvalue weighted by atomic mass is 10.1. The number of benzene rings is 2. The fourth-order valence-electron chi connectivity index (χ4n) is 3.16.